The molecule has 0 fully saturated rings. The Morgan fingerprint density at radius 2 is 2.20 bits per heavy atom. The van der Waals surface area contributed by atoms with Gasteiger partial charge >= 0.3 is 12.1 Å². The van der Waals surface area contributed by atoms with Crippen LogP contribution in [0.1, 0.15) is 17.4 Å². The van der Waals surface area contributed by atoms with Crippen molar-refractivity contribution >= 4 is 11.6 Å². The lowest BCUT2D eigenvalue weighted by molar-refractivity contribution is -0.153. The lowest BCUT2D eigenvalue weighted by Gasteiger charge is -2.09. The number of carbonyl (C=O) groups is 1. The van der Waals surface area contributed by atoms with Crippen LogP contribution in [-0.4, -0.2) is 34.7 Å². The van der Waals surface area contributed by atoms with E-state index in [1.807, 2.05) is 0 Å². The van der Waals surface area contributed by atoms with Crippen LogP contribution in [0.2, 0.25) is 0 Å². The first kappa shape index (κ1) is 14.2. The van der Waals surface area contributed by atoms with Crippen LogP contribution in [0.3, 0.4) is 0 Å². The highest BCUT2D eigenvalue weighted by Gasteiger charge is 2.28. The van der Waals surface area contributed by atoms with Crippen molar-refractivity contribution in [2.24, 2.45) is 0 Å². The molecule has 0 N–H and O–H groups in total. The van der Waals surface area contributed by atoms with Gasteiger partial charge < -0.3 is 9.47 Å². The van der Waals surface area contributed by atoms with E-state index in [4.69, 9.17) is 4.74 Å². The number of esters is 1. The van der Waals surface area contributed by atoms with Gasteiger partial charge in [0.2, 0.25) is 0 Å². The maximum absolute atomic E-state index is 12.0. The third-order valence-corrected chi connectivity index (χ3v) is 2.37. The monoisotopic (exact) mass is 288 g/mol. The minimum Gasteiger partial charge on any atom is -0.484 e. The van der Waals surface area contributed by atoms with Crippen molar-refractivity contribution in [3.63, 3.8) is 0 Å². The molecule has 2 heterocycles. The zero-order chi connectivity index (χ0) is 14.8. The van der Waals surface area contributed by atoms with Gasteiger partial charge in [0, 0.05) is 12.3 Å². The van der Waals surface area contributed by atoms with Crippen LogP contribution in [-0.2, 0) is 4.74 Å². The molecule has 0 aliphatic heterocycles. The molecule has 0 saturated carbocycles. The number of pyridine rings is 1. The van der Waals surface area contributed by atoms with E-state index in [0.29, 0.717) is 5.65 Å². The Balaban J connectivity index is 2.22. The lowest BCUT2D eigenvalue weighted by atomic mass is 10.4. The number of ether oxygens (including phenoxy) is 2. The van der Waals surface area contributed by atoms with Gasteiger partial charge in [-0.05, 0) is 13.0 Å². The Kier molecular flexibility index (Phi) is 3.82. The van der Waals surface area contributed by atoms with Gasteiger partial charge in [0.15, 0.2) is 12.3 Å². The molecule has 0 bridgehead atoms. The number of carbonyl (C=O) groups excluding carboxylic acids is 1. The maximum atomic E-state index is 12.0. The summed E-state index contributed by atoms with van der Waals surface area (Å²) in [5.41, 5.74) is 0.497. The van der Waals surface area contributed by atoms with Crippen LogP contribution in [0.25, 0.3) is 5.65 Å². The summed E-state index contributed by atoms with van der Waals surface area (Å²) in [6.07, 6.45) is -1.71. The SMILES string of the molecule is CCOC(=O)c1cnc2cc(OCC(F)(F)F)ccn12. The summed E-state index contributed by atoms with van der Waals surface area (Å²) in [4.78, 5) is 15.5. The smallest absolute Gasteiger partial charge is 0.422 e. The summed E-state index contributed by atoms with van der Waals surface area (Å²) < 4.78 is 47.0. The molecule has 0 radical (unpaired) electrons. The Hall–Kier alpha value is -2.25. The van der Waals surface area contributed by atoms with Crippen LogP contribution in [0.4, 0.5) is 13.2 Å². The van der Waals surface area contributed by atoms with Crippen LogP contribution in [0.15, 0.2) is 24.5 Å². The Bertz CT molecular complexity index is 622. The molecule has 0 atom stereocenters. The molecule has 5 nitrogen and oxygen atoms in total. The summed E-state index contributed by atoms with van der Waals surface area (Å²) in [7, 11) is 0. The highest BCUT2D eigenvalue weighted by Crippen LogP contribution is 2.20. The number of nitrogens with zero attached hydrogens (tertiary/aromatic N) is 2. The van der Waals surface area contributed by atoms with E-state index >= 15 is 0 Å². The molecular formula is C12H11F3N2O3. The lowest BCUT2D eigenvalue weighted by Crippen LogP contribution is -2.19. The molecule has 0 spiro atoms. The fourth-order valence-corrected chi connectivity index (χ4v) is 1.57. The summed E-state index contributed by atoms with van der Waals surface area (Å²) in [6, 6.07) is 2.64. The van der Waals surface area contributed by atoms with Gasteiger partial charge in [-0.2, -0.15) is 13.2 Å². The Labute approximate surface area is 111 Å². The Morgan fingerprint density at radius 3 is 2.85 bits per heavy atom. The molecule has 0 aliphatic carbocycles. The normalized spacial score (nSPS) is 11.6. The zero-order valence-electron chi connectivity index (χ0n) is 10.5. The van der Waals surface area contributed by atoms with E-state index in [-0.39, 0.29) is 18.1 Å². The van der Waals surface area contributed by atoms with Gasteiger partial charge in [0.05, 0.1) is 12.8 Å². The number of hydrogen-bond acceptors (Lipinski definition) is 4. The first-order valence-corrected chi connectivity index (χ1v) is 5.74. The van der Waals surface area contributed by atoms with Crippen LogP contribution < -0.4 is 4.74 Å². The maximum Gasteiger partial charge on any atom is 0.422 e. The minimum atomic E-state index is -4.41. The predicted octanol–water partition coefficient (Wildman–Crippen LogP) is 2.45. The van der Waals surface area contributed by atoms with Crippen molar-refractivity contribution in [2.45, 2.75) is 13.1 Å². The highest BCUT2D eigenvalue weighted by atomic mass is 19.4. The zero-order valence-corrected chi connectivity index (χ0v) is 10.5. The second-order valence-electron chi connectivity index (χ2n) is 3.86. The van der Waals surface area contributed by atoms with Gasteiger partial charge in [0.25, 0.3) is 0 Å². The first-order chi connectivity index (χ1) is 9.40. The minimum absolute atomic E-state index is 0.0239. The molecule has 108 valence electrons. The molecule has 8 heteroatoms. The van der Waals surface area contributed by atoms with E-state index in [2.05, 4.69) is 9.72 Å². The first-order valence-electron chi connectivity index (χ1n) is 5.74. The molecular weight excluding hydrogens is 277 g/mol. The molecule has 0 aliphatic rings. The summed E-state index contributed by atoms with van der Waals surface area (Å²) in [6.45, 7) is 0.512. The number of rotatable bonds is 4. The number of alkyl halides is 3. The van der Waals surface area contributed by atoms with E-state index in [9.17, 15) is 18.0 Å². The molecule has 0 aromatic carbocycles. The third kappa shape index (κ3) is 3.19. The summed E-state index contributed by atoms with van der Waals surface area (Å²) in [5.74, 6) is -0.528. The van der Waals surface area contributed by atoms with Crippen molar-refractivity contribution in [3.8, 4) is 5.75 Å². The molecule has 2 aromatic heterocycles. The van der Waals surface area contributed by atoms with Crippen LogP contribution in [0.5, 0.6) is 5.75 Å². The van der Waals surface area contributed by atoms with Crippen LogP contribution in [0, 0.1) is 0 Å². The second kappa shape index (κ2) is 5.40. The Morgan fingerprint density at radius 1 is 1.45 bits per heavy atom. The van der Waals surface area contributed by atoms with E-state index < -0.39 is 18.8 Å². The molecule has 2 rings (SSSR count). The van der Waals surface area contributed by atoms with E-state index in [1.165, 1.54) is 28.9 Å². The van der Waals surface area contributed by atoms with Gasteiger partial charge in [0.1, 0.15) is 11.4 Å². The molecule has 0 unspecified atom stereocenters. The number of halogens is 3. The average Bonchev–Trinajstić information content (AvgIpc) is 2.78. The second-order valence-corrected chi connectivity index (χ2v) is 3.86. The number of hydrogen-bond donors (Lipinski definition) is 0. The topological polar surface area (TPSA) is 52.8 Å². The van der Waals surface area contributed by atoms with E-state index in [0.717, 1.165) is 0 Å². The largest absolute Gasteiger partial charge is 0.484 e. The number of aromatic nitrogens is 2. The summed E-state index contributed by atoms with van der Waals surface area (Å²) >= 11 is 0. The van der Waals surface area contributed by atoms with Crippen molar-refractivity contribution in [1.29, 1.82) is 0 Å². The van der Waals surface area contributed by atoms with Crippen molar-refractivity contribution in [1.82, 2.24) is 9.38 Å². The standard InChI is InChI=1S/C12H11F3N2O3/c1-2-19-11(18)9-6-16-10-5-8(3-4-17(9)10)20-7-12(13,14)15/h3-6H,2,7H2,1H3. The average molecular weight is 288 g/mol. The molecule has 0 amide bonds. The fourth-order valence-electron chi connectivity index (χ4n) is 1.57. The quantitative estimate of drug-likeness (QED) is 0.811. The van der Waals surface area contributed by atoms with Gasteiger partial charge in [-0.15, -0.1) is 0 Å². The van der Waals surface area contributed by atoms with Crippen molar-refractivity contribution in [2.75, 3.05) is 13.2 Å². The molecule has 2 aromatic rings. The highest BCUT2D eigenvalue weighted by molar-refractivity contribution is 5.88. The van der Waals surface area contributed by atoms with Crippen molar-refractivity contribution in [3.05, 3.63) is 30.2 Å². The van der Waals surface area contributed by atoms with Crippen molar-refractivity contribution < 1.29 is 27.4 Å². The summed E-state index contributed by atoms with van der Waals surface area (Å²) in [5, 5.41) is 0. The van der Waals surface area contributed by atoms with Gasteiger partial charge in [-0.3, -0.25) is 4.40 Å². The number of fused-ring (bicyclic) bond motifs is 1. The van der Waals surface area contributed by atoms with Gasteiger partial charge in [-0.1, -0.05) is 0 Å². The molecule has 20 heavy (non-hydrogen) atoms. The third-order valence-electron chi connectivity index (χ3n) is 2.37. The fraction of sp³-hybridized carbons (Fsp3) is 0.333. The van der Waals surface area contributed by atoms with Crippen LogP contribution >= 0.6 is 0 Å². The predicted molar refractivity (Wildman–Crippen MR) is 62.7 cm³/mol. The number of imidazole rings is 1. The van der Waals surface area contributed by atoms with E-state index in [1.54, 1.807) is 6.92 Å². The molecule has 0 saturated heterocycles. The van der Waals surface area contributed by atoms with Gasteiger partial charge in [-0.25, -0.2) is 9.78 Å².